The highest BCUT2D eigenvalue weighted by atomic mass is 19.1. The molecule has 8 aromatic rings. The number of nitrogens with zero attached hydrogens (tertiary/aromatic N) is 4. The first-order chi connectivity index (χ1) is 22.6. The Kier molecular flexibility index (Phi) is 5.96. The van der Waals surface area contributed by atoms with E-state index in [9.17, 15) is 8.78 Å². The summed E-state index contributed by atoms with van der Waals surface area (Å²) in [5.74, 6) is -0.488. The second-order valence-electron chi connectivity index (χ2n) is 11.7. The summed E-state index contributed by atoms with van der Waals surface area (Å²) in [7, 11) is 0. The molecule has 3 aromatic heterocycles. The summed E-state index contributed by atoms with van der Waals surface area (Å²) in [6.45, 7) is 0. The van der Waals surface area contributed by atoms with Crippen LogP contribution in [0.15, 0.2) is 145 Å². The zero-order valence-corrected chi connectivity index (χ0v) is 24.6. The molecule has 0 aliphatic heterocycles. The quantitative estimate of drug-likeness (QED) is 0.201. The first-order valence-corrected chi connectivity index (χ1v) is 15.3. The summed E-state index contributed by atoms with van der Waals surface area (Å²) in [6, 6.07) is 39.7. The Balaban J connectivity index is 1.45. The van der Waals surface area contributed by atoms with Crippen LogP contribution in [-0.2, 0) is 0 Å². The van der Waals surface area contributed by atoms with Gasteiger partial charge in [0.1, 0.15) is 11.6 Å². The van der Waals surface area contributed by atoms with Crippen molar-refractivity contribution in [3.05, 3.63) is 157 Å². The van der Waals surface area contributed by atoms with E-state index in [1.165, 1.54) is 18.2 Å². The van der Waals surface area contributed by atoms with Crippen LogP contribution in [-0.4, -0.2) is 19.1 Å². The summed E-state index contributed by atoms with van der Waals surface area (Å²) in [5.41, 5.74) is 6.96. The fourth-order valence-corrected chi connectivity index (χ4v) is 6.94. The lowest BCUT2D eigenvalue weighted by atomic mass is 9.95. The average Bonchev–Trinajstić information content (AvgIpc) is 3.62. The first kappa shape index (κ1) is 26.5. The molecule has 3 heterocycles. The van der Waals surface area contributed by atoms with Crippen LogP contribution < -0.4 is 0 Å². The molecule has 5 aromatic carbocycles. The standard InChI is InChI=1S/C40H26F2N4/c41-27-12-8-10-25(22-27)34-24-35(26-11-9-13-28(42)23-26)44-40(43-34)46-37-19-7-5-17-31(37)33-21-20-32-30-16-4-6-18-36(30)45(38(32)39(33)46)29-14-2-1-3-15-29/h1-10,12-24,26H,11H2. The van der Waals surface area contributed by atoms with Gasteiger partial charge in [-0.2, -0.15) is 0 Å². The number of hydrogen-bond donors (Lipinski definition) is 0. The number of hydrogen-bond acceptors (Lipinski definition) is 2. The van der Waals surface area contributed by atoms with Crippen molar-refractivity contribution in [2.24, 2.45) is 0 Å². The molecule has 46 heavy (non-hydrogen) atoms. The second-order valence-corrected chi connectivity index (χ2v) is 11.7. The lowest BCUT2D eigenvalue weighted by molar-refractivity contribution is 0.628. The van der Waals surface area contributed by atoms with Gasteiger partial charge in [0.25, 0.3) is 0 Å². The average molecular weight is 601 g/mol. The van der Waals surface area contributed by atoms with Crippen molar-refractivity contribution in [3.8, 4) is 22.9 Å². The van der Waals surface area contributed by atoms with Crippen LogP contribution in [0.4, 0.5) is 8.78 Å². The number of para-hydroxylation sites is 3. The van der Waals surface area contributed by atoms with Crippen molar-refractivity contribution in [3.63, 3.8) is 0 Å². The second kappa shape index (κ2) is 10.3. The van der Waals surface area contributed by atoms with Gasteiger partial charge < -0.3 is 4.57 Å². The highest BCUT2D eigenvalue weighted by Gasteiger charge is 2.24. The maximum absolute atomic E-state index is 14.5. The van der Waals surface area contributed by atoms with E-state index in [-0.39, 0.29) is 17.6 Å². The van der Waals surface area contributed by atoms with Crippen LogP contribution in [0.5, 0.6) is 0 Å². The van der Waals surface area contributed by atoms with Crippen molar-refractivity contribution >= 4 is 43.6 Å². The van der Waals surface area contributed by atoms with Crippen LogP contribution in [0.25, 0.3) is 66.5 Å². The molecule has 0 spiro atoms. The van der Waals surface area contributed by atoms with E-state index in [2.05, 4.69) is 81.9 Å². The van der Waals surface area contributed by atoms with E-state index in [4.69, 9.17) is 9.97 Å². The van der Waals surface area contributed by atoms with Gasteiger partial charge in [-0.25, -0.2) is 18.7 Å². The molecule has 1 aliphatic carbocycles. The van der Waals surface area contributed by atoms with Gasteiger partial charge in [0.15, 0.2) is 0 Å². The van der Waals surface area contributed by atoms with Crippen LogP contribution in [0, 0.1) is 5.82 Å². The Labute approximate surface area is 263 Å². The lowest BCUT2D eigenvalue weighted by Gasteiger charge is -2.17. The summed E-state index contributed by atoms with van der Waals surface area (Å²) in [5, 5.41) is 4.39. The number of aromatic nitrogens is 4. The van der Waals surface area contributed by atoms with Crippen LogP contribution in [0.3, 0.4) is 0 Å². The Morgan fingerprint density at radius 2 is 1.28 bits per heavy atom. The highest BCUT2D eigenvalue weighted by molar-refractivity contribution is 6.23. The van der Waals surface area contributed by atoms with Gasteiger partial charge in [-0.3, -0.25) is 4.57 Å². The van der Waals surface area contributed by atoms with Crippen molar-refractivity contribution in [1.29, 1.82) is 0 Å². The van der Waals surface area contributed by atoms with Gasteiger partial charge in [0.05, 0.1) is 33.5 Å². The van der Waals surface area contributed by atoms with E-state index < -0.39 is 0 Å². The first-order valence-electron chi connectivity index (χ1n) is 15.3. The predicted octanol–water partition coefficient (Wildman–Crippen LogP) is 10.4. The molecule has 220 valence electrons. The van der Waals surface area contributed by atoms with Crippen molar-refractivity contribution in [1.82, 2.24) is 19.1 Å². The number of rotatable bonds is 4. The zero-order valence-electron chi connectivity index (χ0n) is 24.6. The lowest BCUT2D eigenvalue weighted by Crippen LogP contribution is -2.09. The Morgan fingerprint density at radius 1 is 0.609 bits per heavy atom. The minimum atomic E-state index is -0.350. The van der Waals surface area contributed by atoms with E-state index in [0.717, 1.165) is 49.3 Å². The van der Waals surface area contributed by atoms with Gasteiger partial charge in [0.2, 0.25) is 5.95 Å². The topological polar surface area (TPSA) is 35.6 Å². The fourth-order valence-electron chi connectivity index (χ4n) is 6.94. The minimum Gasteiger partial charge on any atom is -0.307 e. The molecule has 0 radical (unpaired) electrons. The van der Waals surface area contributed by atoms with Gasteiger partial charge in [-0.05, 0) is 61.0 Å². The SMILES string of the molecule is FC1=CC(c2cc(-c3cccc(F)c3)nc(-n3c4ccccc4c4ccc5c6ccccc6n(-c6ccccc6)c5c43)n2)CC=C1. The van der Waals surface area contributed by atoms with Gasteiger partial charge in [-0.1, -0.05) is 84.9 Å². The summed E-state index contributed by atoms with van der Waals surface area (Å²) in [4.78, 5) is 10.3. The molecule has 0 fully saturated rings. The normalized spacial score (nSPS) is 14.9. The molecular weight excluding hydrogens is 574 g/mol. The van der Waals surface area contributed by atoms with Crippen LogP contribution in [0.1, 0.15) is 18.0 Å². The maximum Gasteiger partial charge on any atom is 0.235 e. The molecule has 0 N–H and O–H groups in total. The number of allylic oxidation sites excluding steroid dienone is 4. The summed E-state index contributed by atoms with van der Waals surface area (Å²) < 4.78 is 33.5. The summed E-state index contributed by atoms with van der Waals surface area (Å²) >= 11 is 0. The van der Waals surface area contributed by atoms with Crippen molar-refractivity contribution < 1.29 is 8.78 Å². The monoisotopic (exact) mass is 600 g/mol. The zero-order chi connectivity index (χ0) is 30.8. The molecule has 6 heteroatoms. The maximum atomic E-state index is 14.5. The van der Waals surface area contributed by atoms with E-state index in [1.807, 2.05) is 36.4 Å². The third-order valence-electron chi connectivity index (χ3n) is 8.94. The molecule has 1 atom stereocenters. The van der Waals surface area contributed by atoms with Crippen molar-refractivity contribution in [2.45, 2.75) is 12.3 Å². The van der Waals surface area contributed by atoms with E-state index in [0.29, 0.717) is 29.3 Å². The molecule has 9 rings (SSSR count). The minimum absolute atomic E-state index is 0.289. The predicted molar refractivity (Wildman–Crippen MR) is 182 cm³/mol. The molecular formula is C40H26F2N4. The molecule has 4 nitrogen and oxygen atoms in total. The third kappa shape index (κ3) is 4.10. The largest absolute Gasteiger partial charge is 0.307 e. The van der Waals surface area contributed by atoms with Crippen molar-refractivity contribution in [2.75, 3.05) is 0 Å². The van der Waals surface area contributed by atoms with Crippen LogP contribution >= 0.6 is 0 Å². The third-order valence-corrected chi connectivity index (χ3v) is 8.94. The van der Waals surface area contributed by atoms with Gasteiger partial charge in [0, 0.05) is 38.7 Å². The molecule has 0 saturated heterocycles. The molecule has 1 unspecified atom stereocenters. The molecule has 0 amide bonds. The van der Waals surface area contributed by atoms with E-state index in [1.54, 1.807) is 12.1 Å². The summed E-state index contributed by atoms with van der Waals surface area (Å²) in [6.07, 6.45) is 5.51. The Bertz CT molecular complexity index is 2540. The Hall–Kier alpha value is -5.88. The fraction of sp³-hybridized carbons (Fsp3) is 0.0500. The highest BCUT2D eigenvalue weighted by Crippen LogP contribution is 2.41. The van der Waals surface area contributed by atoms with E-state index >= 15 is 0 Å². The number of fused-ring (bicyclic) bond motifs is 7. The van der Waals surface area contributed by atoms with Crippen LogP contribution in [0.2, 0.25) is 0 Å². The smallest absolute Gasteiger partial charge is 0.235 e. The van der Waals surface area contributed by atoms with Gasteiger partial charge in [-0.15, -0.1) is 0 Å². The Morgan fingerprint density at radius 3 is 2.00 bits per heavy atom. The number of halogens is 2. The molecule has 1 aliphatic rings. The molecule has 0 bridgehead atoms. The number of benzene rings is 5. The molecule has 0 saturated carbocycles. The van der Waals surface area contributed by atoms with Gasteiger partial charge >= 0.3 is 0 Å².